The Balaban J connectivity index is 2.26. The van der Waals surface area contributed by atoms with E-state index in [0.29, 0.717) is 19.3 Å². The first-order valence-electron chi connectivity index (χ1n) is 32.7. The second-order valence-corrected chi connectivity index (χ2v) is 22.8. The maximum atomic E-state index is 13.2. The molecule has 0 aromatic heterocycles. The molecule has 456 valence electrons. The van der Waals surface area contributed by atoms with E-state index in [1.807, 2.05) is 0 Å². The maximum absolute atomic E-state index is 13.2. The average molecular weight is 1100 g/mol. The van der Waals surface area contributed by atoms with Gasteiger partial charge >= 0.3 is 0 Å². The van der Waals surface area contributed by atoms with Crippen LogP contribution in [0.1, 0.15) is 290 Å². The summed E-state index contributed by atoms with van der Waals surface area (Å²) in [7, 11) is 0. The van der Waals surface area contributed by atoms with Crippen LogP contribution in [0.5, 0.6) is 0 Å². The van der Waals surface area contributed by atoms with Crippen molar-refractivity contribution in [3.8, 4) is 0 Å². The van der Waals surface area contributed by atoms with Gasteiger partial charge in [-0.05, 0) is 96.3 Å². The summed E-state index contributed by atoms with van der Waals surface area (Å²) in [5.41, 5.74) is 0. The number of allylic oxidation sites excluding steroid dienone is 10. The summed E-state index contributed by atoms with van der Waals surface area (Å²) in [6, 6.07) is -1.20. The average Bonchev–Trinajstić information content (AvgIpc) is 3.46. The molecule has 0 aromatic carbocycles. The van der Waals surface area contributed by atoms with Gasteiger partial charge in [0.15, 0.2) is 6.29 Å². The van der Waals surface area contributed by atoms with Gasteiger partial charge in [-0.1, -0.05) is 254 Å². The molecule has 1 fully saturated rings. The van der Waals surface area contributed by atoms with Gasteiger partial charge in [-0.2, -0.15) is 0 Å². The van der Waals surface area contributed by atoms with Crippen LogP contribution < -0.4 is 5.32 Å². The fourth-order valence-corrected chi connectivity index (χ4v) is 10.2. The number of aliphatic hydroxyl groups is 7. The van der Waals surface area contributed by atoms with Crippen molar-refractivity contribution < 1.29 is 50.0 Å². The third-order valence-electron chi connectivity index (χ3n) is 15.5. The third kappa shape index (κ3) is 42.6. The largest absolute Gasteiger partial charge is 0.394 e. The molecule has 11 nitrogen and oxygen atoms in total. The SMILES string of the molecule is CCCCCCCCCC/C=C/CC/C=C/CC/C=C/CCCC(O)C(O)C(COC1OC(CO)C(O)C(O)C1O)NC(=O)C(O)CCCCCCCCCCCCCCCC/C=C\C/C=C\CCCCCCCCCCC. The van der Waals surface area contributed by atoms with Crippen molar-refractivity contribution in [3.05, 3.63) is 60.8 Å². The van der Waals surface area contributed by atoms with Gasteiger partial charge in [0.25, 0.3) is 0 Å². The van der Waals surface area contributed by atoms with Crippen LogP contribution in [-0.2, 0) is 14.3 Å². The van der Waals surface area contributed by atoms with Crippen LogP contribution in [0.4, 0.5) is 0 Å². The predicted molar refractivity (Wildman–Crippen MR) is 325 cm³/mol. The van der Waals surface area contributed by atoms with Crippen LogP contribution in [0, 0.1) is 0 Å². The molecule has 0 radical (unpaired) electrons. The zero-order valence-electron chi connectivity index (χ0n) is 50.1. The lowest BCUT2D eigenvalue weighted by Gasteiger charge is -2.40. The molecule has 1 aliphatic rings. The molecule has 0 spiro atoms. The highest BCUT2D eigenvalue weighted by Gasteiger charge is 2.44. The summed E-state index contributed by atoms with van der Waals surface area (Å²) in [6.07, 6.45) is 61.4. The Morgan fingerprint density at radius 2 is 0.808 bits per heavy atom. The summed E-state index contributed by atoms with van der Waals surface area (Å²) < 4.78 is 11.2. The van der Waals surface area contributed by atoms with E-state index in [0.717, 1.165) is 51.4 Å². The molecule has 9 unspecified atom stereocenters. The summed E-state index contributed by atoms with van der Waals surface area (Å²) in [5, 5.41) is 76.3. The molecular weight excluding hydrogens is 979 g/mol. The minimum Gasteiger partial charge on any atom is -0.394 e. The van der Waals surface area contributed by atoms with Crippen LogP contribution in [0.15, 0.2) is 60.8 Å². The lowest BCUT2D eigenvalue weighted by atomic mass is 9.98. The summed E-state index contributed by atoms with van der Waals surface area (Å²) >= 11 is 0. The van der Waals surface area contributed by atoms with E-state index in [1.54, 1.807) is 0 Å². The van der Waals surface area contributed by atoms with Crippen LogP contribution in [-0.4, -0.2) is 110 Å². The van der Waals surface area contributed by atoms with Crippen LogP contribution >= 0.6 is 0 Å². The molecule has 1 saturated heterocycles. The van der Waals surface area contributed by atoms with Gasteiger partial charge < -0.3 is 50.5 Å². The highest BCUT2D eigenvalue weighted by molar-refractivity contribution is 5.80. The molecule has 78 heavy (non-hydrogen) atoms. The quantitative estimate of drug-likeness (QED) is 0.0215. The summed E-state index contributed by atoms with van der Waals surface area (Å²) in [4.78, 5) is 13.2. The topological polar surface area (TPSA) is 189 Å². The first-order valence-corrected chi connectivity index (χ1v) is 32.7. The highest BCUT2D eigenvalue weighted by atomic mass is 16.7. The number of unbranched alkanes of at least 4 members (excludes halogenated alkanes) is 34. The number of carbonyl (C=O) groups excluding carboxylic acids is 1. The Hall–Kier alpha value is -2.19. The number of hydrogen-bond acceptors (Lipinski definition) is 10. The van der Waals surface area contributed by atoms with E-state index in [9.17, 15) is 40.5 Å². The van der Waals surface area contributed by atoms with Crippen molar-refractivity contribution in [2.24, 2.45) is 0 Å². The lowest BCUT2D eigenvalue weighted by Crippen LogP contribution is -2.60. The van der Waals surface area contributed by atoms with Gasteiger partial charge in [0.05, 0.1) is 25.4 Å². The van der Waals surface area contributed by atoms with Crippen molar-refractivity contribution in [3.63, 3.8) is 0 Å². The Kier molecular flexibility index (Phi) is 52.4. The van der Waals surface area contributed by atoms with Gasteiger partial charge in [0.1, 0.15) is 36.6 Å². The number of ether oxygens (including phenoxy) is 2. The van der Waals surface area contributed by atoms with Crippen molar-refractivity contribution in [1.29, 1.82) is 0 Å². The zero-order chi connectivity index (χ0) is 56.8. The van der Waals surface area contributed by atoms with Gasteiger partial charge in [0.2, 0.25) is 5.91 Å². The van der Waals surface area contributed by atoms with Crippen molar-refractivity contribution in [2.75, 3.05) is 13.2 Å². The number of carbonyl (C=O) groups is 1. The van der Waals surface area contributed by atoms with Gasteiger partial charge in [-0.25, -0.2) is 0 Å². The van der Waals surface area contributed by atoms with Crippen molar-refractivity contribution >= 4 is 5.91 Å². The molecule has 9 atom stereocenters. The Labute approximate surface area is 478 Å². The fraction of sp³-hybridized carbons (Fsp3) is 0.836. The molecule has 1 aliphatic heterocycles. The third-order valence-corrected chi connectivity index (χ3v) is 15.5. The number of aliphatic hydroxyl groups excluding tert-OH is 7. The predicted octanol–water partition coefficient (Wildman–Crippen LogP) is 15.0. The standard InChI is InChI=1S/C67H123NO10/c1-3-5-7-9-11-13-15-17-19-21-23-25-26-27-28-29-30-31-32-33-35-37-39-41-43-45-47-49-51-53-55-60(71)66(76)68-58(57-77-67-65(75)64(74)63(73)61(56-69)78-67)62(72)59(70)54-52-50-48-46-44-42-40-38-36-34-24-22-20-18-16-14-12-10-8-6-4-2/h22-25,27-28,38,40,46,48,58-65,67,69-75H,3-21,26,29-37,39,41-45,47,49-57H2,1-2H3,(H,68,76)/b24-22+,25-23-,28-27-,40-38+,48-46+. The van der Waals surface area contributed by atoms with Gasteiger partial charge in [0, 0.05) is 0 Å². The smallest absolute Gasteiger partial charge is 0.249 e. The van der Waals surface area contributed by atoms with Crippen LogP contribution in [0.3, 0.4) is 0 Å². The molecule has 1 heterocycles. The second kappa shape index (κ2) is 55.3. The zero-order valence-corrected chi connectivity index (χ0v) is 50.1. The highest BCUT2D eigenvalue weighted by Crippen LogP contribution is 2.23. The van der Waals surface area contributed by atoms with E-state index < -0.39 is 74.2 Å². The lowest BCUT2D eigenvalue weighted by molar-refractivity contribution is -0.303. The molecule has 0 saturated carbocycles. The number of rotatable bonds is 56. The molecule has 1 rings (SSSR count). The Bertz CT molecular complexity index is 1450. The van der Waals surface area contributed by atoms with Crippen LogP contribution in [0.25, 0.3) is 0 Å². The second-order valence-electron chi connectivity index (χ2n) is 22.8. The molecule has 8 N–H and O–H groups in total. The number of nitrogens with one attached hydrogen (secondary N) is 1. The van der Waals surface area contributed by atoms with Crippen molar-refractivity contribution in [2.45, 2.75) is 345 Å². The molecule has 0 bridgehead atoms. The van der Waals surface area contributed by atoms with E-state index in [1.165, 1.54) is 193 Å². The van der Waals surface area contributed by atoms with Gasteiger partial charge in [-0.3, -0.25) is 4.79 Å². The number of amides is 1. The number of hydrogen-bond donors (Lipinski definition) is 8. The summed E-state index contributed by atoms with van der Waals surface area (Å²) in [6.45, 7) is 3.46. The van der Waals surface area contributed by atoms with Crippen LogP contribution in [0.2, 0.25) is 0 Å². The molecule has 0 aromatic rings. The molecule has 0 aliphatic carbocycles. The monoisotopic (exact) mass is 1100 g/mol. The van der Waals surface area contributed by atoms with E-state index in [4.69, 9.17) is 9.47 Å². The van der Waals surface area contributed by atoms with Gasteiger partial charge in [-0.15, -0.1) is 0 Å². The van der Waals surface area contributed by atoms with E-state index in [2.05, 4.69) is 79.9 Å². The molecular formula is C67H123NO10. The Morgan fingerprint density at radius 3 is 1.22 bits per heavy atom. The van der Waals surface area contributed by atoms with E-state index >= 15 is 0 Å². The minimum atomic E-state index is -1.68. The summed E-state index contributed by atoms with van der Waals surface area (Å²) in [5.74, 6) is -0.711. The normalized spacial score (nSPS) is 19.8. The first kappa shape index (κ1) is 73.8. The molecule has 1 amide bonds. The first-order chi connectivity index (χ1) is 38.2. The fourth-order valence-electron chi connectivity index (χ4n) is 10.2. The molecule has 11 heteroatoms. The minimum absolute atomic E-state index is 0.240. The van der Waals surface area contributed by atoms with E-state index in [-0.39, 0.29) is 12.8 Å². The maximum Gasteiger partial charge on any atom is 0.249 e. The van der Waals surface area contributed by atoms with Crippen molar-refractivity contribution in [1.82, 2.24) is 5.32 Å². The Morgan fingerprint density at radius 1 is 0.449 bits per heavy atom.